The first kappa shape index (κ1) is 28.6. The lowest BCUT2D eigenvalue weighted by atomic mass is 9.73. The van der Waals surface area contributed by atoms with Gasteiger partial charge in [-0.3, -0.25) is 9.59 Å². The van der Waals surface area contributed by atoms with E-state index in [2.05, 4.69) is 36.6 Å². The number of para-hydroxylation sites is 2. The highest BCUT2D eigenvalue weighted by atomic mass is 16.5. The maximum atomic E-state index is 14.1. The second-order valence-corrected chi connectivity index (χ2v) is 12.4. The average Bonchev–Trinajstić information content (AvgIpc) is 3.33. The van der Waals surface area contributed by atoms with Crippen LogP contribution < -0.4 is 29.7 Å². The molecule has 1 atom stereocenters. The maximum absolute atomic E-state index is 14.1. The molecule has 2 N–H and O–H groups in total. The summed E-state index contributed by atoms with van der Waals surface area (Å²) in [5.41, 5.74) is 6.35. The van der Waals surface area contributed by atoms with Gasteiger partial charge in [-0.15, -0.1) is 0 Å². The van der Waals surface area contributed by atoms with Crippen LogP contribution in [0.3, 0.4) is 0 Å². The lowest BCUT2D eigenvalue weighted by Crippen LogP contribution is -2.45. The van der Waals surface area contributed by atoms with E-state index < -0.39 is 6.04 Å². The van der Waals surface area contributed by atoms with Crippen molar-refractivity contribution in [3.05, 3.63) is 88.6 Å². The lowest BCUT2D eigenvalue weighted by Gasteiger charge is -2.38. The summed E-state index contributed by atoms with van der Waals surface area (Å²) < 4.78 is 17.1. The predicted molar refractivity (Wildman–Crippen MR) is 167 cm³/mol. The molecule has 0 radical (unpaired) electrons. The molecule has 2 aliphatic carbocycles. The second kappa shape index (κ2) is 11.3. The first-order valence-corrected chi connectivity index (χ1v) is 14.8. The van der Waals surface area contributed by atoms with Gasteiger partial charge < -0.3 is 29.7 Å². The van der Waals surface area contributed by atoms with Gasteiger partial charge in [0.25, 0.3) is 0 Å². The van der Waals surface area contributed by atoms with Crippen molar-refractivity contribution in [3.63, 3.8) is 0 Å². The molecule has 43 heavy (non-hydrogen) atoms. The summed E-state index contributed by atoms with van der Waals surface area (Å²) in [6, 6.07) is 19.5. The Bertz CT molecular complexity index is 1560. The van der Waals surface area contributed by atoms with E-state index in [0.717, 1.165) is 35.5 Å². The van der Waals surface area contributed by atoms with Crippen LogP contribution in [0.1, 0.15) is 49.4 Å². The minimum Gasteiger partial charge on any atom is -0.493 e. The average molecular weight is 582 g/mol. The predicted octanol–water partition coefficient (Wildman–Crippen LogP) is 5.61. The van der Waals surface area contributed by atoms with E-state index in [1.165, 1.54) is 11.1 Å². The van der Waals surface area contributed by atoms with Crippen LogP contribution in [0, 0.1) is 5.41 Å². The number of nitrogens with one attached hydrogen (secondary N) is 2. The zero-order valence-electron chi connectivity index (χ0n) is 25.5. The summed E-state index contributed by atoms with van der Waals surface area (Å²) in [5, 5.41) is 6.90. The number of methoxy groups -OCH3 is 3. The van der Waals surface area contributed by atoms with Gasteiger partial charge in [0, 0.05) is 23.7 Å². The molecule has 8 heteroatoms. The van der Waals surface area contributed by atoms with E-state index in [4.69, 9.17) is 14.2 Å². The van der Waals surface area contributed by atoms with Gasteiger partial charge in [0.05, 0.1) is 45.3 Å². The molecule has 0 bridgehead atoms. The zero-order chi connectivity index (χ0) is 30.3. The Morgan fingerprint density at radius 3 is 2.19 bits per heavy atom. The van der Waals surface area contributed by atoms with Crippen molar-refractivity contribution in [3.8, 4) is 17.2 Å². The van der Waals surface area contributed by atoms with Crippen LogP contribution in [0.15, 0.2) is 71.9 Å². The summed E-state index contributed by atoms with van der Waals surface area (Å²) in [5.74, 6) is 1.40. The Morgan fingerprint density at radius 1 is 0.930 bits per heavy atom. The number of carbonyl (C=O) groups is 2. The van der Waals surface area contributed by atoms with Crippen LogP contribution in [0.25, 0.3) is 0 Å². The quantitative estimate of drug-likeness (QED) is 0.375. The molecule has 1 aliphatic heterocycles. The Labute approximate surface area is 253 Å². The molecule has 8 nitrogen and oxygen atoms in total. The van der Waals surface area contributed by atoms with Crippen LogP contribution in [-0.2, 0) is 22.4 Å². The number of hydrogen-bond acceptors (Lipinski definition) is 7. The van der Waals surface area contributed by atoms with Crippen molar-refractivity contribution in [1.29, 1.82) is 0 Å². The summed E-state index contributed by atoms with van der Waals surface area (Å²) in [6.45, 7) is 4.29. The Morgan fingerprint density at radius 2 is 1.56 bits per heavy atom. The molecular formula is C35H39N3O5. The molecule has 3 aromatic rings. The van der Waals surface area contributed by atoms with Gasteiger partial charge in [-0.05, 0) is 65.6 Å². The van der Waals surface area contributed by atoms with Crippen molar-refractivity contribution in [2.24, 2.45) is 5.41 Å². The Balaban J connectivity index is 1.46. The van der Waals surface area contributed by atoms with Crippen LogP contribution >= 0.6 is 0 Å². The first-order valence-electron chi connectivity index (χ1n) is 14.8. The van der Waals surface area contributed by atoms with Gasteiger partial charge in [-0.25, -0.2) is 0 Å². The van der Waals surface area contributed by atoms with E-state index in [0.29, 0.717) is 35.7 Å². The number of allylic oxidation sites excluding steroid dienone is 1. The van der Waals surface area contributed by atoms with Crippen molar-refractivity contribution in [2.45, 2.75) is 51.6 Å². The molecule has 3 aliphatic rings. The topological polar surface area (TPSA) is 89.1 Å². The van der Waals surface area contributed by atoms with Gasteiger partial charge in [0.15, 0.2) is 17.3 Å². The third-order valence-corrected chi connectivity index (χ3v) is 8.74. The van der Waals surface area contributed by atoms with Crippen LogP contribution in [-0.4, -0.2) is 45.6 Å². The highest BCUT2D eigenvalue weighted by Gasteiger charge is 2.42. The fourth-order valence-corrected chi connectivity index (χ4v) is 6.92. The van der Waals surface area contributed by atoms with Gasteiger partial charge in [0.2, 0.25) is 11.7 Å². The molecule has 224 valence electrons. The fourth-order valence-electron chi connectivity index (χ4n) is 6.92. The summed E-state index contributed by atoms with van der Waals surface area (Å²) >= 11 is 0. The van der Waals surface area contributed by atoms with E-state index >= 15 is 0 Å². The second-order valence-electron chi connectivity index (χ2n) is 12.4. The van der Waals surface area contributed by atoms with E-state index in [9.17, 15) is 9.59 Å². The van der Waals surface area contributed by atoms with Crippen molar-refractivity contribution in [1.82, 2.24) is 5.32 Å². The molecule has 0 fully saturated rings. The van der Waals surface area contributed by atoms with E-state index in [1.54, 1.807) is 21.3 Å². The molecule has 0 saturated carbocycles. The molecule has 0 saturated heterocycles. The van der Waals surface area contributed by atoms with Crippen molar-refractivity contribution < 1.29 is 23.8 Å². The number of anilines is 2. The minimum atomic E-state index is -0.574. The maximum Gasteiger partial charge on any atom is 0.239 e. The number of hydrogen-bond donors (Lipinski definition) is 2. The SMILES string of the molecule is COc1cc(C2C3=C(CC(C)(C)CC3=O)Nc3ccccc3N2CC(=O)NC2Cc3ccccc3C2)cc(OC)c1OC. The van der Waals surface area contributed by atoms with Crippen molar-refractivity contribution in [2.75, 3.05) is 38.1 Å². The summed E-state index contributed by atoms with van der Waals surface area (Å²) in [6.07, 6.45) is 2.72. The smallest absolute Gasteiger partial charge is 0.239 e. The van der Waals surface area contributed by atoms with Gasteiger partial charge in [-0.1, -0.05) is 50.2 Å². The van der Waals surface area contributed by atoms with Crippen LogP contribution in [0.4, 0.5) is 11.4 Å². The molecule has 1 heterocycles. The molecule has 3 aromatic carbocycles. The standard InChI is InChI=1S/C35H39N3O5/c1-35(2)18-26-32(28(39)19-35)33(23-16-29(41-3)34(43-5)30(17-23)42-4)38(27-13-9-8-12-25(27)37-26)20-31(40)36-24-14-21-10-6-7-11-22(21)15-24/h6-13,16-17,24,33,37H,14-15,18-20H2,1-5H3,(H,36,40). The number of fused-ring (bicyclic) bond motifs is 2. The molecule has 1 unspecified atom stereocenters. The van der Waals surface area contributed by atoms with E-state index in [-0.39, 0.29) is 29.7 Å². The summed E-state index contributed by atoms with van der Waals surface area (Å²) in [7, 11) is 4.72. The lowest BCUT2D eigenvalue weighted by molar-refractivity contribution is -0.121. The molecule has 0 spiro atoms. The van der Waals surface area contributed by atoms with Crippen LogP contribution in [0.5, 0.6) is 17.2 Å². The Hall–Kier alpha value is -4.46. The van der Waals surface area contributed by atoms with Crippen molar-refractivity contribution >= 4 is 23.1 Å². The molecular weight excluding hydrogens is 542 g/mol. The number of ketones is 1. The number of benzene rings is 3. The van der Waals surface area contributed by atoms with Gasteiger partial charge in [0.1, 0.15) is 0 Å². The first-order chi connectivity index (χ1) is 20.7. The minimum absolute atomic E-state index is 0.0248. The molecule has 6 rings (SSSR count). The third kappa shape index (κ3) is 5.42. The van der Waals surface area contributed by atoms with Crippen LogP contribution in [0.2, 0.25) is 0 Å². The number of ether oxygens (including phenoxy) is 3. The largest absolute Gasteiger partial charge is 0.493 e. The number of amides is 1. The summed E-state index contributed by atoms with van der Waals surface area (Å²) in [4.78, 5) is 30.0. The number of Topliss-reactive ketones (excluding diaryl/α,β-unsaturated/α-hetero) is 1. The normalized spacial score (nSPS) is 19.0. The van der Waals surface area contributed by atoms with Gasteiger partial charge >= 0.3 is 0 Å². The highest BCUT2D eigenvalue weighted by Crippen LogP contribution is 2.50. The Kier molecular flexibility index (Phi) is 7.54. The number of nitrogens with zero attached hydrogens (tertiary/aromatic N) is 1. The highest BCUT2D eigenvalue weighted by molar-refractivity contribution is 6.02. The molecule has 1 amide bonds. The monoisotopic (exact) mass is 581 g/mol. The van der Waals surface area contributed by atoms with Gasteiger partial charge in [-0.2, -0.15) is 0 Å². The van der Waals surface area contributed by atoms with E-state index in [1.807, 2.05) is 53.4 Å². The zero-order valence-corrected chi connectivity index (χ0v) is 25.5. The molecule has 0 aromatic heterocycles. The number of carbonyl (C=O) groups excluding carboxylic acids is 2. The fraction of sp³-hybridized carbons (Fsp3) is 0.371. The third-order valence-electron chi connectivity index (χ3n) is 8.74. The number of rotatable bonds is 7.